The van der Waals surface area contributed by atoms with Gasteiger partial charge in [-0.2, -0.15) is 0 Å². The van der Waals surface area contributed by atoms with Crippen LogP contribution in [0.15, 0.2) is 0 Å². The van der Waals surface area contributed by atoms with E-state index in [1.165, 1.54) is 19.3 Å². The lowest BCUT2D eigenvalue weighted by Crippen LogP contribution is -2.51. The summed E-state index contributed by atoms with van der Waals surface area (Å²) >= 11 is 0. The first-order chi connectivity index (χ1) is 7.20. The highest BCUT2D eigenvalue weighted by Gasteiger charge is 2.15. The van der Waals surface area contributed by atoms with Gasteiger partial charge in [-0.3, -0.25) is 4.90 Å². The van der Waals surface area contributed by atoms with Gasteiger partial charge in [-0.25, -0.2) is 0 Å². The van der Waals surface area contributed by atoms with E-state index < -0.39 is 0 Å². The maximum Gasteiger partial charge on any atom is 0.0572 e. The van der Waals surface area contributed by atoms with Gasteiger partial charge in [-0.15, -0.1) is 0 Å². The van der Waals surface area contributed by atoms with Gasteiger partial charge in [0.2, 0.25) is 0 Å². The fraction of sp³-hybridized carbons (Fsp3) is 1.00. The highest BCUT2D eigenvalue weighted by atomic mass is 15.3. The molecule has 0 spiro atoms. The molecule has 0 aromatic carbocycles. The van der Waals surface area contributed by atoms with Crippen LogP contribution in [0, 0.1) is 5.92 Å². The molecular formula is C12H27N3. The van der Waals surface area contributed by atoms with Crippen molar-refractivity contribution < 1.29 is 0 Å². The molecule has 0 radical (unpaired) electrons. The standard InChI is InChI=1S/C12H27N3/c1-11(2)5-3-4-6-12(13)15-9-7-14-8-10-15/h11-12,14H,3-10,13H2,1-2H3. The molecule has 0 saturated carbocycles. The molecule has 1 atom stereocenters. The van der Waals surface area contributed by atoms with Gasteiger partial charge >= 0.3 is 0 Å². The van der Waals surface area contributed by atoms with Crippen molar-refractivity contribution in [1.29, 1.82) is 0 Å². The Hall–Kier alpha value is -0.120. The van der Waals surface area contributed by atoms with Gasteiger partial charge in [-0.1, -0.05) is 33.1 Å². The molecule has 1 unspecified atom stereocenters. The average Bonchev–Trinajstić information content (AvgIpc) is 2.25. The second-order valence-corrected chi connectivity index (χ2v) is 5.03. The number of nitrogens with two attached hydrogens (primary N) is 1. The van der Waals surface area contributed by atoms with Crippen LogP contribution in [-0.4, -0.2) is 37.2 Å². The minimum atomic E-state index is 0.291. The van der Waals surface area contributed by atoms with Crippen LogP contribution in [0.1, 0.15) is 39.5 Å². The number of unbranched alkanes of at least 4 members (excludes halogenated alkanes) is 1. The van der Waals surface area contributed by atoms with Crippen LogP contribution in [0.25, 0.3) is 0 Å². The Bertz CT molecular complexity index is 153. The van der Waals surface area contributed by atoms with Gasteiger partial charge in [0, 0.05) is 26.2 Å². The summed E-state index contributed by atoms with van der Waals surface area (Å²) in [5, 5.41) is 3.35. The van der Waals surface area contributed by atoms with Gasteiger partial charge in [-0.05, 0) is 12.3 Å². The van der Waals surface area contributed by atoms with E-state index in [-0.39, 0.29) is 0 Å². The van der Waals surface area contributed by atoms with Crippen LogP contribution in [0.5, 0.6) is 0 Å². The normalized spacial score (nSPS) is 20.8. The van der Waals surface area contributed by atoms with Crippen LogP contribution in [0.3, 0.4) is 0 Å². The number of hydrogen-bond donors (Lipinski definition) is 2. The van der Waals surface area contributed by atoms with Crippen molar-refractivity contribution in [2.75, 3.05) is 26.2 Å². The molecule has 0 aliphatic carbocycles. The topological polar surface area (TPSA) is 41.3 Å². The molecule has 3 heteroatoms. The zero-order chi connectivity index (χ0) is 11.1. The van der Waals surface area contributed by atoms with E-state index in [0.29, 0.717) is 6.17 Å². The number of nitrogens with one attached hydrogen (secondary N) is 1. The molecule has 1 saturated heterocycles. The number of hydrogen-bond acceptors (Lipinski definition) is 3. The monoisotopic (exact) mass is 213 g/mol. The molecule has 0 aromatic heterocycles. The third kappa shape index (κ3) is 5.50. The molecule has 1 aliphatic rings. The van der Waals surface area contributed by atoms with E-state index in [1.54, 1.807) is 0 Å². The molecular weight excluding hydrogens is 186 g/mol. The second kappa shape index (κ2) is 7.20. The van der Waals surface area contributed by atoms with E-state index in [4.69, 9.17) is 5.73 Å². The summed E-state index contributed by atoms with van der Waals surface area (Å²) in [7, 11) is 0. The average molecular weight is 213 g/mol. The molecule has 3 N–H and O–H groups in total. The fourth-order valence-electron chi connectivity index (χ4n) is 2.10. The molecule has 1 fully saturated rings. The second-order valence-electron chi connectivity index (χ2n) is 5.03. The highest BCUT2D eigenvalue weighted by molar-refractivity contribution is 4.72. The van der Waals surface area contributed by atoms with Gasteiger partial charge < -0.3 is 11.1 Å². The number of rotatable bonds is 6. The first-order valence-corrected chi connectivity index (χ1v) is 6.40. The lowest BCUT2D eigenvalue weighted by molar-refractivity contribution is 0.165. The van der Waals surface area contributed by atoms with Gasteiger partial charge in [0.25, 0.3) is 0 Å². The summed E-state index contributed by atoms with van der Waals surface area (Å²) in [6, 6.07) is 0. The molecule has 0 bridgehead atoms. The minimum Gasteiger partial charge on any atom is -0.316 e. The molecule has 0 aromatic rings. The van der Waals surface area contributed by atoms with Crippen LogP contribution in [0.2, 0.25) is 0 Å². The Labute approximate surface area is 94.4 Å². The molecule has 1 aliphatic heterocycles. The Balaban J connectivity index is 2.04. The number of nitrogens with zero attached hydrogens (tertiary/aromatic N) is 1. The first-order valence-electron chi connectivity index (χ1n) is 6.40. The smallest absolute Gasteiger partial charge is 0.0572 e. The molecule has 1 heterocycles. The van der Waals surface area contributed by atoms with Crippen molar-refractivity contribution >= 4 is 0 Å². The van der Waals surface area contributed by atoms with Crippen molar-refractivity contribution in [1.82, 2.24) is 10.2 Å². The molecule has 15 heavy (non-hydrogen) atoms. The fourth-order valence-corrected chi connectivity index (χ4v) is 2.10. The van der Waals surface area contributed by atoms with Gasteiger partial charge in [0.1, 0.15) is 0 Å². The van der Waals surface area contributed by atoms with E-state index in [0.717, 1.165) is 38.5 Å². The Morgan fingerprint density at radius 2 is 1.73 bits per heavy atom. The zero-order valence-electron chi connectivity index (χ0n) is 10.3. The maximum absolute atomic E-state index is 6.16. The zero-order valence-corrected chi connectivity index (χ0v) is 10.3. The quantitative estimate of drug-likeness (QED) is 0.655. The third-order valence-corrected chi connectivity index (χ3v) is 3.15. The van der Waals surface area contributed by atoms with E-state index in [9.17, 15) is 0 Å². The molecule has 0 amide bonds. The van der Waals surface area contributed by atoms with Crippen molar-refractivity contribution in [3.05, 3.63) is 0 Å². The van der Waals surface area contributed by atoms with Crippen LogP contribution < -0.4 is 11.1 Å². The summed E-state index contributed by atoms with van der Waals surface area (Å²) in [6.45, 7) is 9.00. The van der Waals surface area contributed by atoms with E-state index in [1.807, 2.05) is 0 Å². The van der Waals surface area contributed by atoms with E-state index in [2.05, 4.69) is 24.1 Å². The largest absolute Gasteiger partial charge is 0.316 e. The Kier molecular flexibility index (Phi) is 6.22. The first kappa shape index (κ1) is 12.9. The van der Waals surface area contributed by atoms with Gasteiger partial charge in [0.15, 0.2) is 0 Å². The lowest BCUT2D eigenvalue weighted by Gasteiger charge is -2.32. The Morgan fingerprint density at radius 3 is 2.33 bits per heavy atom. The van der Waals surface area contributed by atoms with Crippen molar-refractivity contribution in [3.63, 3.8) is 0 Å². The predicted molar refractivity (Wildman–Crippen MR) is 65.7 cm³/mol. The van der Waals surface area contributed by atoms with Crippen molar-refractivity contribution in [2.24, 2.45) is 11.7 Å². The summed E-state index contributed by atoms with van der Waals surface area (Å²) in [4.78, 5) is 2.41. The number of piperazine rings is 1. The molecule has 3 nitrogen and oxygen atoms in total. The predicted octanol–water partition coefficient (Wildman–Crippen LogP) is 1.39. The third-order valence-electron chi connectivity index (χ3n) is 3.15. The van der Waals surface area contributed by atoms with Crippen molar-refractivity contribution in [2.45, 2.75) is 45.7 Å². The molecule has 90 valence electrons. The minimum absolute atomic E-state index is 0.291. The maximum atomic E-state index is 6.16. The summed E-state index contributed by atoms with van der Waals surface area (Å²) < 4.78 is 0. The van der Waals surface area contributed by atoms with Gasteiger partial charge in [0.05, 0.1) is 6.17 Å². The SMILES string of the molecule is CC(C)CCCCC(N)N1CCNCC1. The van der Waals surface area contributed by atoms with Crippen LogP contribution >= 0.6 is 0 Å². The van der Waals surface area contributed by atoms with Crippen molar-refractivity contribution in [3.8, 4) is 0 Å². The van der Waals surface area contributed by atoms with Crippen LogP contribution in [-0.2, 0) is 0 Å². The summed E-state index contributed by atoms with van der Waals surface area (Å²) in [5.41, 5.74) is 6.16. The highest BCUT2D eigenvalue weighted by Crippen LogP contribution is 2.10. The summed E-state index contributed by atoms with van der Waals surface area (Å²) in [6.07, 6.45) is 5.40. The van der Waals surface area contributed by atoms with E-state index >= 15 is 0 Å². The molecule has 1 rings (SSSR count). The Morgan fingerprint density at radius 1 is 1.13 bits per heavy atom. The summed E-state index contributed by atoms with van der Waals surface area (Å²) in [5.74, 6) is 0.834. The lowest BCUT2D eigenvalue weighted by atomic mass is 10.0. The van der Waals surface area contributed by atoms with Crippen LogP contribution in [0.4, 0.5) is 0 Å².